The first-order valence-electron chi connectivity index (χ1n) is 4.83. The molecule has 0 bridgehead atoms. The lowest BCUT2D eigenvalue weighted by Crippen LogP contribution is -2.47. The average Bonchev–Trinajstić information content (AvgIpc) is 2.18. The van der Waals surface area contributed by atoms with E-state index in [4.69, 9.17) is 4.74 Å². The van der Waals surface area contributed by atoms with E-state index in [1.807, 2.05) is 11.8 Å². The molecule has 1 saturated heterocycles. The number of hydrogen-bond donors (Lipinski definition) is 1. The van der Waals surface area contributed by atoms with Crippen molar-refractivity contribution in [1.82, 2.24) is 10.2 Å². The first-order valence-corrected chi connectivity index (χ1v) is 4.83. The van der Waals surface area contributed by atoms with Crippen LogP contribution in [-0.4, -0.2) is 43.8 Å². The highest BCUT2D eigenvalue weighted by atomic mass is 16.5. The number of nitrogens with zero attached hydrogens (tertiary/aromatic N) is 1. The highest BCUT2D eigenvalue weighted by Crippen LogP contribution is 2.12. The zero-order valence-electron chi connectivity index (χ0n) is 8.38. The number of ether oxygens (including phenoxy) is 1. The Hall–Kier alpha value is -0.770. The number of carbonyl (C=O) groups is 1. The Morgan fingerprint density at radius 1 is 1.69 bits per heavy atom. The first kappa shape index (κ1) is 10.3. The molecule has 1 atom stereocenters. The Labute approximate surface area is 79.2 Å². The molecule has 4 nitrogen and oxygen atoms in total. The third kappa shape index (κ3) is 2.88. The van der Waals surface area contributed by atoms with Crippen molar-refractivity contribution in [2.24, 2.45) is 0 Å². The van der Waals surface area contributed by atoms with E-state index in [1.54, 1.807) is 7.11 Å². The van der Waals surface area contributed by atoms with Gasteiger partial charge >= 0.3 is 6.03 Å². The largest absolute Gasteiger partial charge is 0.380 e. The van der Waals surface area contributed by atoms with E-state index in [1.165, 1.54) is 0 Å². The van der Waals surface area contributed by atoms with Crippen LogP contribution in [0, 0.1) is 0 Å². The van der Waals surface area contributed by atoms with Gasteiger partial charge in [-0.05, 0) is 19.8 Å². The molecule has 1 fully saturated rings. The van der Waals surface area contributed by atoms with Gasteiger partial charge in [-0.2, -0.15) is 0 Å². The third-order valence-corrected chi connectivity index (χ3v) is 2.33. The smallest absolute Gasteiger partial charge is 0.317 e. The number of nitrogens with one attached hydrogen (secondary N) is 1. The molecule has 0 aliphatic carbocycles. The monoisotopic (exact) mass is 186 g/mol. The number of likely N-dealkylation sites (tertiary alicyclic amines) is 1. The van der Waals surface area contributed by atoms with Crippen LogP contribution < -0.4 is 5.32 Å². The summed E-state index contributed by atoms with van der Waals surface area (Å²) in [4.78, 5) is 13.2. The topological polar surface area (TPSA) is 41.6 Å². The lowest BCUT2D eigenvalue weighted by Gasteiger charge is -2.31. The lowest BCUT2D eigenvalue weighted by atomic mass is 10.1. The minimum absolute atomic E-state index is 0.0317. The molecule has 1 unspecified atom stereocenters. The number of piperidine rings is 1. The van der Waals surface area contributed by atoms with Crippen molar-refractivity contribution in [3.05, 3.63) is 0 Å². The van der Waals surface area contributed by atoms with Crippen LogP contribution in [0.5, 0.6) is 0 Å². The minimum atomic E-state index is 0.0317. The van der Waals surface area contributed by atoms with Gasteiger partial charge in [0.1, 0.15) is 0 Å². The summed E-state index contributed by atoms with van der Waals surface area (Å²) in [6.45, 7) is 4.19. The van der Waals surface area contributed by atoms with Gasteiger partial charge in [-0.3, -0.25) is 0 Å². The van der Waals surface area contributed by atoms with E-state index in [-0.39, 0.29) is 12.1 Å². The van der Waals surface area contributed by atoms with E-state index < -0.39 is 0 Å². The molecule has 76 valence electrons. The van der Waals surface area contributed by atoms with Gasteiger partial charge in [0.25, 0.3) is 0 Å². The Bertz CT molecular complexity index is 173. The highest BCUT2D eigenvalue weighted by Gasteiger charge is 2.22. The highest BCUT2D eigenvalue weighted by molar-refractivity contribution is 5.74. The Kier molecular flexibility index (Phi) is 4.02. The van der Waals surface area contributed by atoms with Crippen molar-refractivity contribution < 1.29 is 9.53 Å². The third-order valence-electron chi connectivity index (χ3n) is 2.33. The Balaban J connectivity index is 2.37. The zero-order valence-corrected chi connectivity index (χ0v) is 8.38. The SMILES string of the molecule is CCNC(=O)N1CCCC(OC)C1. The zero-order chi connectivity index (χ0) is 9.68. The maximum Gasteiger partial charge on any atom is 0.317 e. The second-order valence-electron chi connectivity index (χ2n) is 3.28. The van der Waals surface area contributed by atoms with Gasteiger partial charge in [-0.15, -0.1) is 0 Å². The minimum Gasteiger partial charge on any atom is -0.380 e. The average molecular weight is 186 g/mol. The van der Waals surface area contributed by atoms with E-state index in [2.05, 4.69) is 5.32 Å². The summed E-state index contributed by atoms with van der Waals surface area (Å²) in [5.41, 5.74) is 0. The summed E-state index contributed by atoms with van der Waals surface area (Å²) in [6, 6.07) is 0.0317. The quantitative estimate of drug-likeness (QED) is 0.694. The molecule has 1 heterocycles. The van der Waals surface area contributed by atoms with Gasteiger partial charge in [0.05, 0.1) is 6.10 Å². The molecule has 1 rings (SSSR count). The van der Waals surface area contributed by atoms with Crippen molar-refractivity contribution in [2.45, 2.75) is 25.9 Å². The van der Waals surface area contributed by atoms with Crippen LogP contribution in [0.15, 0.2) is 0 Å². The predicted molar refractivity (Wildman–Crippen MR) is 50.7 cm³/mol. The van der Waals surface area contributed by atoms with E-state index in [0.717, 1.165) is 25.9 Å². The van der Waals surface area contributed by atoms with Gasteiger partial charge in [-0.1, -0.05) is 0 Å². The molecule has 1 N–H and O–H groups in total. The molecule has 1 aliphatic heterocycles. The van der Waals surface area contributed by atoms with Crippen molar-refractivity contribution in [2.75, 3.05) is 26.7 Å². The van der Waals surface area contributed by atoms with Crippen LogP contribution in [-0.2, 0) is 4.74 Å². The maximum absolute atomic E-state index is 11.4. The van der Waals surface area contributed by atoms with Crippen LogP contribution >= 0.6 is 0 Å². The number of hydrogen-bond acceptors (Lipinski definition) is 2. The summed E-state index contributed by atoms with van der Waals surface area (Å²) < 4.78 is 5.23. The molecule has 4 heteroatoms. The number of methoxy groups -OCH3 is 1. The van der Waals surface area contributed by atoms with E-state index in [0.29, 0.717) is 6.54 Å². The van der Waals surface area contributed by atoms with Crippen molar-refractivity contribution >= 4 is 6.03 Å². The Morgan fingerprint density at radius 2 is 2.46 bits per heavy atom. The number of carbonyl (C=O) groups excluding carboxylic acids is 1. The molecule has 1 aliphatic rings. The lowest BCUT2D eigenvalue weighted by molar-refractivity contribution is 0.0436. The molecule has 0 spiro atoms. The summed E-state index contributed by atoms with van der Waals surface area (Å²) in [5, 5.41) is 2.79. The normalized spacial score (nSPS) is 22.9. The van der Waals surface area contributed by atoms with Crippen LogP contribution in [0.1, 0.15) is 19.8 Å². The summed E-state index contributed by atoms with van der Waals surface area (Å²) in [7, 11) is 1.70. The van der Waals surface area contributed by atoms with Crippen LogP contribution in [0.3, 0.4) is 0 Å². The second-order valence-corrected chi connectivity index (χ2v) is 3.28. The molecule has 0 aromatic heterocycles. The summed E-state index contributed by atoms with van der Waals surface area (Å²) >= 11 is 0. The second kappa shape index (κ2) is 5.07. The Morgan fingerprint density at radius 3 is 3.08 bits per heavy atom. The molecule has 0 saturated carbocycles. The molecular weight excluding hydrogens is 168 g/mol. The van der Waals surface area contributed by atoms with Crippen LogP contribution in [0.2, 0.25) is 0 Å². The fourth-order valence-corrected chi connectivity index (χ4v) is 1.58. The molecule has 0 aromatic carbocycles. The van der Waals surface area contributed by atoms with Gasteiger partial charge in [-0.25, -0.2) is 4.79 Å². The first-order chi connectivity index (χ1) is 6.27. The number of rotatable bonds is 2. The van der Waals surface area contributed by atoms with Crippen molar-refractivity contribution in [1.29, 1.82) is 0 Å². The number of amides is 2. The van der Waals surface area contributed by atoms with Crippen molar-refractivity contribution in [3.63, 3.8) is 0 Å². The molecule has 13 heavy (non-hydrogen) atoms. The standard InChI is InChI=1S/C9H18N2O2/c1-3-10-9(12)11-6-4-5-8(7-11)13-2/h8H,3-7H2,1-2H3,(H,10,12). The predicted octanol–water partition coefficient (Wildman–Crippen LogP) is 0.827. The molecule has 2 amide bonds. The van der Waals surface area contributed by atoms with Crippen LogP contribution in [0.4, 0.5) is 4.79 Å². The van der Waals surface area contributed by atoms with Crippen molar-refractivity contribution in [3.8, 4) is 0 Å². The van der Waals surface area contributed by atoms with E-state index >= 15 is 0 Å². The van der Waals surface area contributed by atoms with Gasteiger partial charge in [0, 0.05) is 26.7 Å². The molecule has 0 radical (unpaired) electrons. The number of urea groups is 1. The molecular formula is C9H18N2O2. The summed E-state index contributed by atoms with van der Waals surface area (Å²) in [5.74, 6) is 0. The summed E-state index contributed by atoms with van der Waals surface area (Å²) in [6.07, 6.45) is 2.32. The maximum atomic E-state index is 11.4. The molecule has 0 aromatic rings. The van der Waals surface area contributed by atoms with Crippen LogP contribution in [0.25, 0.3) is 0 Å². The van der Waals surface area contributed by atoms with Gasteiger partial charge in [0.15, 0.2) is 0 Å². The van der Waals surface area contributed by atoms with E-state index in [9.17, 15) is 4.79 Å². The van der Waals surface area contributed by atoms with Gasteiger partial charge in [0.2, 0.25) is 0 Å². The fraction of sp³-hybridized carbons (Fsp3) is 0.889. The fourth-order valence-electron chi connectivity index (χ4n) is 1.58. The van der Waals surface area contributed by atoms with Gasteiger partial charge < -0.3 is 15.0 Å².